The van der Waals surface area contributed by atoms with Crippen molar-refractivity contribution < 1.29 is 0 Å². The summed E-state index contributed by atoms with van der Waals surface area (Å²) in [4.78, 5) is 12.0. The zero-order chi connectivity index (χ0) is 14.7. The van der Waals surface area contributed by atoms with Crippen LogP contribution in [-0.2, 0) is 6.54 Å². The van der Waals surface area contributed by atoms with Crippen molar-refractivity contribution >= 4 is 0 Å². The first-order chi connectivity index (χ1) is 10.2. The fraction of sp³-hybridized carbons (Fsp3) is 0.111. The van der Waals surface area contributed by atoms with Crippen molar-refractivity contribution in [3.8, 4) is 11.3 Å². The lowest BCUT2D eigenvalue weighted by Crippen LogP contribution is -2.23. The Morgan fingerprint density at radius 1 is 0.905 bits per heavy atom. The molecule has 0 saturated carbocycles. The van der Waals surface area contributed by atoms with Crippen LogP contribution in [0, 0.1) is 6.92 Å². The van der Waals surface area contributed by atoms with Gasteiger partial charge in [-0.15, -0.1) is 0 Å². The molecule has 0 amide bonds. The van der Waals surface area contributed by atoms with Crippen LogP contribution < -0.4 is 5.56 Å². The normalized spacial score (nSPS) is 10.5. The zero-order valence-electron chi connectivity index (χ0n) is 11.9. The van der Waals surface area contributed by atoms with Gasteiger partial charge in [0, 0.05) is 11.6 Å². The minimum Gasteiger partial charge on any atom is -0.268 e. The second-order valence-electron chi connectivity index (χ2n) is 5.01. The Morgan fingerprint density at radius 2 is 1.62 bits per heavy atom. The second-order valence-corrected chi connectivity index (χ2v) is 5.01. The highest BCUT2D eigenvalue weighted by atomic mass is 16.1. The van der Waals surface area contributed by atoms with E-state index in [0.717, 1.165) is 22.4 Å². The molecule has 0 atom stereocenters. The number of aromatic nitrogens is 2. The van der Waals surface area contributed by atoms with Gasteiger partial charge in [0.2, 0.25) is 0 Å². The van der Waals surface area contributed by atoms with Crippen LogP contribution in [0.1, 0.15) is 11.1 Å². The lowest BCUT2D eigenvalue weighted by atomic mass is 10.1. The smallest absolute Gasteiger partial charge is 0.267 e. The van der Waals surface area contributed by atoms with Gasteiger partial charge in [0.05, 0.1) is 12.2 Å². The van der Waals surface area contributed by atoms with Crippen LogP contribution in [0.15, 0.2) is 71.5 Å². The van der Waals surface area contributed by atoms with Crippen LogP contribution in [0.4, 0.5) is 0 Å². The van der Waals surface area contributed by atoms with E-state index in [2.05, 4.69) is 5.10 Å². The largest absolute Gasteiger partial charge is 0.268 e. The Bertz CT molecular complexity index is 807. The first kappa shape index (κ1) is 13.3. The summed E-state index contributed by atoms with van der Waals surface area (Å²) in [5.41, 5.74) is 4.01. The van der Waals surface area contributed by atoms with Gasteiger partial charge in [0.15, 0.2) is 0 Å². The molecule has 3 heteroatoms. The van der Waals surface area contributed by atoms with Crippen molar-refractivity contribution in [2.75, 3.05) is 0 Å². The quantitative estimate of drug-likeness (QED) is 0.736. The summed E-state index contributed by atoms with van der Waals surface area (Å²) in [6.45, 7) is 2.54. The molecule has 1 aromatic heterocycles. The molecule has 0 aliphatic carbocycles. The molecular formula is C18H16N2O. The SMILES string of the molecule is Cc1ccccc1Cn1nc(-c2ccccc2)ccc1=O. The standard InChI is InChI=1S/C18H16N2O/c1-14-7-5-6-10-16(14)13-20-18(21)12-11-17(19-20)15-8-3-2-4-9-15/h2-12H,13H2,1H3. The van der Waals surface area contributed by atoms with Crippen molar-refractivity contribution in [3.63, 3.8) is 0 Å². The van der Waals surface area contributed by atoms with Gasteiger partial charge in [-0.25, -0.2) is 4.68 Å². The van der Waals surface area contributed by atoms with E-state index >= 15 is 0 Å². The van der Waals surface area contributed by atoms with Crippen molar-refractivity contribution in [1.82, 2.24) is 9.78 Å². The van der Waals surface area contributed by atoms with Crippen molar-refractivity contribution in [2.24, 2.45) is 0 Å². The summed E-state index contributed by atoms with van der Waals surface area (Å²) in [6, 6.07) is 21.3. The molecule has 3 rings (SSSR count). The van der Waals surface area contributed by atoms with E-state index in [0.29, 0.717) is 6.54 Å². The van der Waals surface area contributed by atoms with Gasteiger partial charge in [-0.2, -0.15) is 5.10 Å². The maximum atomic E-state index is 12.0. The minimum atomic E-state index is -0.0852. The van der Waals surface area contributed by atoms with Gasteiger partial charge >= 0.3 is 0 Å². The Hall–Kier alpha value is -2.68. The van der Waals surface area contributed by atoms with Crippen LogP contribution in [-0.4, -0.2) is 9.78 Å². The Balaban J connectivity index is 2.00. The van der Waals surface area contributed by atoms with E-state index in [9.17, 15) is 4.79 Å². The molecule has 0 aliphatic rings. The van der Waals surface area contributed by atoms with E-state index in [1.165, 1.54) is 4.68 Å². The number of aryl methyl sites for hydroxylation is 1. The first-order valence-electron chi connectivity index (χ1n) is 6.92. The second kappa shape index (κ2) is 5.75. The van der Waals surface area contributed by atoms with Gasteiger partial charge in [0.25, 0.3) is 5.56 Å². The summed E-state index contributed by atoms with van der Waals surface area (Å²) in [7, 11) is 0. The Morgan fingerprint density at radius 3 is 2.38 bits per heavy atom. The number of rotatable bonds is 3. The predicted molar refractivity (Wildman–Crippen MR) is 84.2 cm³/mol. The minimum absolute atomic E-state index is 0.0852. The highest BCUT2D eigenvalue weighted by Crippen LogP contribution is 2.14. The van der Waals surface area contributed by atoms with Gasteiger partial charge < -0.3 is 0 Å². The van der Waals surface area contributed by atoms with Crippen molar-refractivity contribution in [3.05, 3.63) is 88.2 Å². The van der Waals surface area contributed by atoms with E-state index in [1.54, 1.807) is 12.1 Å². The summed E-state index contributed by atoms with van der Waals surface area (Å²) in [6.07, 6.45) is 0. The van der Waals surface area contributed by atoms with E-state index in [4.69, 9.17) is 0 Å². The van der Waals surface area contributed by atoms with Crippen LogP contribution in [0.5, 0.6) is 0 Å². The topological polar surface area (TPSA) is 34.9 Å². The van der Waals surface area contributed by atoms with E-state index in [-0.39, 0.29) is 5.56 Å². The number of hydrogen-bond donors (Lipinski definition) is 0. The summed E-state index contributed by atoms with van der Waals surface area (Å²) in [5, 5.41) is 4.48. The molecule has 3 aromatic rings. The molecule has 3 nitrogen and oxygen atoms in total. The zero-order valence-corrected chi connectivity index (χ0v) is 11.9. The first-order valence-corrected chi connectivity index (χ1v) is 6.92. The van der Waals surface area contributed by atoms with Gasteiger partial charge in [0.1, 0.15) is 0 Å². The molecule has 0 unspecified atom stereocenters. The Kier molecular flexibility index (Phi) is 3.65. The fourth-order valence-electron chi connectivity index (χ4n) is 2.27. The molecule has 0 bridgehead atoms. The molecule has 0 spiro atoms. The third kappa shape index (κ3) is 2.92. The van der Waals surface area contributed by atoms with E-state index in [1.807, 2.05) is 61.5 Å². The molecule has 0 saturated heterocycles. The molecule has 0 N–H and O–H groups in total. The molecule has 21 heavy (non-hydrogen) atoms. The summed E-state index contributed by atoms with van der Waals surface area (Å²) < 4.78 is 1.52. The third-order valence-electron chi connectivity index (χ3n) is 3.52. The van der Waals surface area contributed by atoms with Crippen LogP contribution >= 0.6 is 0 Å². The van der Waals surface area contributed by atoms with Crippen molar-refractivity contribution in [2.45, 2.75) is 13.5 Å². The molecule has 0 aliphatic heterocycles. The molecule has 0 fully saturated rings. The number of hydrogen-bond acceptors (Lipinski definition) is 2. The highest BCUT2D eigenvalue weighted by Gasteiger charge is 2.05. The lowest BCUT2D eigenvalue weighted by molar-refractivity contribution is 0.640. The van der Waals surface area contributed by atoms with Gasteiger partial charge in [-0.3, -0.25) is 4.79 Å². The maximum absolute atomic E-state index is 12.0. The summed E-state index contributed by atoms with van der Waals surface area (Å²) in [5.74, 6) is 0. The summed E-state index contributed by atoms with van der Waals surface area (Å²) >= 11 is 0. The predicted octanol–water partition coefficient (Wildman–Crippen LogP) is 3.27. The molecule has 1 heterocycles. The monoisotopic (exact) mass is 276 g/mol. The molecular weight excluding hydrogens is 260 g/mol. The van der Waals surface area contributed by atoms with E-state index < -0.39 is 0 Å². The molecule has 2 aromatic carbocycles. The number of benzene rings is 2. The third-order valence-corrected chi connectivity index (χ3v) is 3.52. The average Bonchev–Trinajstić information content (AvgIpc) is 2.52. The van der Waals surface area contributed by atoms with Crippen molar-refractivity contribution in [1.29, 1.82) is 0 Å². The molecule has 104 valence electrons. The van der Waals surface area contributed by atoms with Crippen LogP contribution in [0.2, 0.25) is 0 Å². The average molecular weight is 276 g/mol. The van der Waals surface area contributed by atoms with Gasteiger partial charge in [-0.05, 0) is 24.1 Å². The Labute approximate surface area is 123 Å². The number of nitrogens with zero attached hydrogens (tertiary/aromatic N) is 2. The highest BCUT2D eigenvalue weighted by molar-refractivity contribution is 5.57. The van der Waals surface area contributed by atoms with Gasteiger partial charge in [-0.1, -0.05) is 54.6 Å². The fourth-order valence-corrected chi connectivity index (χ4v) is 2.27. The van der Waals surface area contributed by atoms with Crippen LogP contribution in [0.25, 0.3) is 11.3 Å². The van der Waals surface area contributed by atoms with Crippen LogP contribution in [0.3, 0.4) is 0 Å². The molecule has 0 radical (unpaired) electrons. The maximum Gasteiger partial charge on any atom is 0.267 e. The lowest BCUT2D eigenvalue weighted by Gasteiger charge is -2.09.